The summed E-state index contributed by atoms with van der Waals surface area (Å²) in [7, 11) is 0. The first-order valence-electron chi connectivity index (χ1n) is 7.06. The summed E-state index contributed by atoms with van der Waals surface area (Å²) in [6.07, 6.45) is -5.08. The van der Waals surface area contributed by atoms with Crippen LogP contribution in [0.4, 0.5) is 18.9 Å². The summed E-state index contributed by atoms with van der Waals surface area (Å²) in [6, 6.07) is 5.15. The van der Waals surface area contributed by atoms with Crippen molar-refractivity contribution >= 4 is 40.8 Å². The molecule has 1 fully saturated rings. The summed E-state index contributed by atoms with van der Waals surface area (Å²) >= 11 is 12.0. The number of benzene rings is 1. The van der Waals surface area contributed by atoms with Crippen LogP contribution >= 0.6 is 23.2 Å². The van der Waals surface area contributed by atoms with Crippen LogP contribution in [-0.4, -0.2) is 48.8 Å². The Morgan fingerprint density at radius 3 is 2.19 bits per heavy atom. The second kappa shape index (κ2) is 9.26. The third-order valence-corrected chi connectivity index (χ3v) is 3.57. The normalized spacial score (nSPS) is 15.6. The van der Waals surface area contributed by atoms with Gasteiger partial charge in [0.2, 0.25) is 0 Å². The number of rotatable bonds is 3. The highest BCUT2D eigenvalue weighted by molar-refractivity contribution is 6.39. The molecule has 0 radical (unpaired) electrons. The lowest BCUT2D eigenvalue weighted by atomic mass is 10.3. The van der Waals surface area contributed by atoms with Gasteiger partial charge in [0.15, 0.2) is 11.7 Å². The number of anilines is 1. The zero-order valence-corrected chi connectivity index (χ0v) is 14.9. The van der Waals surface area contributed by atoms with Gasteiger partial charge >= 0.3 is 12.1 Å². The van der Waals surface area contributed by atoms with Crippen LogP contribution in [0, 0.1) is 5.41 Å². The molecule has 1 heterocycles. The first-order valence-corrected chi connectivity index (χ1v) is 7.82. The zero-order chi connectivity index (χ0) is 20.0. The van der Waals surface area contributed by atoms with Crippen molar-refractivity contribution in [3.05, 3.63) is 28.2 Å². The van der Waals surface area contributed by atoms with Gasteiger partial charge < -0.3 is 25.2 Å². The quantitative estimate of drug-likeness (QED) is 0.444. The predicted molar refractivity (Wildman–Crippen MR) is 89.8 cm³/mol. The van der Waals surface area contributed by atoms with E-state index >= 15 is 0 Å². The van der Waals surface area contributed by atoms with E-state index in [1.54, 1.807) is 18.2 Å². The molecule has 26 heavy (non-hydrogen) atoms. The highest BCUT2D eigenvalue weighted by atomic mass is 35.5. The minimum Gasteiger partial charge on any atom is -0.475 e. The summed E-state index contributed by atoms with van der Waals surface area (Å²) in [4.78, 5) is 8.90. The van der Waals surface area contributed by atoms with Crippen molar-refractivity contribution in [2.24, 2.45) is 0 Å². The highest BCUT2D eigenvalue weighted by Gasteiger charge is 2.38. The fourth-order valence-corrected chi connectivity index (χ4v) is 2.19. The summed E-state index contributed by atoms with van der Waals surface area (Å²) < 4.78 is 42.6. The second-order valence-electron chi connectivity index (χ2n) is 5.08. The van der Waals surface area contributed by atoms with Crippen LogP contribution in [0.3, 0.4) is 0 Å². The molecule has 0 bridgehead atoms. The number of ether oxygens (including phenoxy) is 2. The molecule has 0 amide bonds. The molecule has 1 aromatic carbocycles. The van der Waals surface area contributed by atoms with Gasteiger partial charge in [-0.05, 0) is 19.1 Å². The number of guanidine groups is 1. The van der Waals surface area contributed by atoms with E-state index in [0.29, 0.717) is 35.5 Å². The minimum absolute atomic E-state index is 0.0790. The molecule has 0 spiro atoms. The maximum absolute atomic E-state index is 10.6. The molecule has 1 aliphatic rings. The largest absolute Gasteiger partial charge is 0.490 e. The smallest absolute Gasteiger partial charge is 0.475 e. The Labute approximate surface area is 156 Å². The number of hydrogen-bond donors (Lipinski definition) is 4. The minimum atomic E-state index is -5.08. The van der Waals surface area contributed by atoms with Crippen LogP contribution in [0.25, 0.3) is 0 Å². The average Bonchev–Trinajstić information content (AvgIpc) is 2.96. The Balaban J connectivity index is 0.000000412. The van der Waals surface area contributed by atoms with E-state index < -0.39 is 17.9 Å². The van der Waals surface area contributed by atoms with Crippen LogP contribution in [0.1, 0.15) is 6.92 Å². The standard InChI is InChI=1S/C12H15Cl2N3O2.C2HF3O2/c1-12(18-5-6-19-12)7-16-11(15)17-10-8(13)3-2-4-9(10)14;3-2(4,5)1(6)7/h2-4H,5-7H2,1H3,(H3,15,16,17);(H,6,7). The molecule has 2 rings (SSSR count). The topological polar surface area (TPSA) is 104 Å². The van der Waals surface area contributed by atoms with E-state index in [-0.39, 0.29) is 5.96 Å². The lowest BCUT2D eigenvalue weighted by Crippen LogP contribution is -2.43. The number of halogens is 5. The maximum atomic E-state index is 10.6. The molecular weight excluding hydrogens is 402 g/mol. The van der Waals surface area contributed by atoms with E-state index in [0.717, 1.165) is 0 Å². The van der Waals surface area contributed by atoms with Crippen molar-refractivity contribution in [3.8, 4) is 0 Å². The van der Waals surface area contributed by atoms with E-state index in [1.165, 1.54) is 0 Å². The van der Waals surface area contributed by atoms with Crippen molar-refractivity contribution < 1.29 is 32.5 Å². The van der Waals surface area contributed by atoms with Gasteiger partial charge in [-0.15, -0.1) is 0 Å². The lowest BCUT2D eigenvalue weighted by molar-refractivity contribution is -0.192. The van der Waals surface area contributed by atoms with Crippen LogP contribution in [-0.2, 0) is 14.3 Å². The number of carbonyl (C=O) groups is 1. The molecule has 1 saturated heterocycles. The van der Waals surface area contributed by atoms with Gasteiger partial charge in [0.25, 0.3) is 0 Å². The predicted octanol–water partition coefficient (Wildman–Crippen LogP) is 3.33. The maximum Gasteiger partial charge on any atom is 0.490 e. The van der Waals surface area contributed by atoms with Crippen molar-refractivity contribution in [1.29, 1.82) is 5.41 Å². The molecule has 4 N–H and O–H groups in total. The number of carboxylic acids is 1. The van der Waals surface area contributed by atoms with Gasteiger partial charge in [0.1, 0.15) is 0 Å². The molecule has 0 atom stereocenters. The van der Waals surface area contributed by atoms with Crippen LogP contribution in [0.15, 0.2) is 18.2 Å². The average molecular weight is 418 g/mol. The van der Waals surface area contributed by atoms with Crippen molar-refractivity contribution in [3.63, 3.8) is 0 Å². The van der Waals surface area contributed by atoms with E-state index in [4.69, 9.17) is 48.0 Å². The summed E-state index contributed by atoms with van der Waals surface area (Å²) in [5.74, 6) is -3.37. The number of nitrogens with one attached hydrogen (secondary N) is 3. The van der Waals surface area contributed by atoms with Gasteiger partial charge in [0, 0.05) is 0 Å². The third-order valence-electron chi connectivity index (χ3n) is 2.94. The lowest BCUT2D eigenvalue weighted by Gasteiger charge is -2.23. The fraction of sp³-hybridized carbons (Fsp3) is 0.429. The Morgan fingerprint density at radius 1 is 1.31 bits per heavy atom. The molecule has 12 heteroatoms. The van der Waals surface area contributed by atoms with Crippen molar-refractivity contribution in [2.75, 3.05) is 25.1 Å². The molecule has 0 aromatic heterocycles. The molecule has 0 unspecified atom stereocenters. The van der Waals surface area contributed by atoms with Gasteiger partial charge in [-0.1, -0.05) is 29.3 Å². The van der Waals surface area contributed by atoms with Gasteiger partial charge in [0.05, 0.1) is 35.5 Å². The molecule has 1 aliphatic heterocycles. The Hall–Kier alpha value is -1.75. The monoisotopic (exact) mass is 417 g/mol. The summed E-state index contributed by atoms with van der Waals surface area (Å²) in [5.41, 5.74) is 0.502. The zero-order valence-electron chi connectivity index (χ0n) is 13.4. The second-order valence-corrected chi connectivity index (χ2v) is 5.90. The Kier molecular flexibility index (Phi) is 7.94. The number of alkyl halides is 3. The van der Waals surface area contributed by atoms with Gasteiger partial charge in [-0.3, -0.25) is 5.41 Å². The summed E-state index contributed by atoms with van der Waals surface area (Å²) in [5, 5.41) is 21.5. The number of carboxylic acid groups (broad SMARTS) is 1. The van der Waals surface area contributed by atoms with E-state index in [2.05, 4.69) is 10.6 Å². The molecule has 1 aromatic rings. The number of para-hydroxylation sites is 1. The molecule has 0 aliphatic carbocycles. The summed E-state index contributed by atoms with van der Waals surface area (Å²) in [6.45, 7) is 3.31. The van der Waals surface area contributed by atoms with Crippen LogP contribution in [0.5, 0.6) is 0 Å². The van der Waals surface area contributed by atoms with Gasteiger partial charge in [-0.25, -0.2) is 4.79 Å². The molecule has 0 saturated carbocycles. The van der Waals surface area contributed by atoms with Crippen LogP contribution < -0.4 is 10.6 Å². The fourth-order valence-electron chi connectivity index (χ4n) is 1.69. The Bertz CT molecular complexity index is 633. The van der Waals surface area contributed by atoms with Crippen molar-refractivity contribution in [1.82, 2.24) is 5.32 Å². The van der Waals surface area contributed by atoms with Crippen molar-refractivity contribution in [2.45, 2.75) is 18.9 Å². The molecule has 146 valence electrons. The first-order chi connectivity index (χ1) is 11.9. The number of aliphatic carboxylic acids is 1. The first kappa shape index (κ1) is 22.3. The van der Waals surface area contributed by atoms with E-state index in [9.17, 15) is 13.2 Å². The third kappa shape index (κ3) is 7.24. The molecule has 7 nitrogen and oxygen atoms in total. The van der Waals surface area contributed by atoms with E-state index in [1.807, 2.05) is 6.92 Å². The SMILES string of the molecule is CC1(CNC(=N)Nc2c(Cl)cccc2Cl)OCCO1.O=C(O)C(F)(F)F. The van der Waals surface area contributed by atoms with Crippen LogP contribution in [0.2, 0.25) is 10.0 Å². The Morgan fingerprint density at radius 2 is 1.77 bits per heavy atom. The molecular formula is C14H16Cl2F3N3O4. The number of hydrogen-bond acceptors (Lipinski definition) is 4. The van der Waals surface area contributed by atoms with Gasteiger partial charge in [-0.2, -0.15) is 13.2 Å². The highest BCUT2D eigenvalue weighted by Crippen LogP contribution is 2.29.